The van der Waals surface area contributed by atoms with E-state index in [0.29, 0.717) is 5.92 Å². The van der Waals surface area contributed by atoms with Crippen molar-refractivity contribution >= 4 is 16.7 Å². The van der Waals surface area contributed by atoms with E-state index in [9.17, 15) is 0 Å². The zero-order valence-corrected chi connectivity index (χ0v) is 14.6. The second-order valence-electron chi connectivity index (χ2n) is 6.26. The average Bonchev–Trinajstić information content (AvgIpc) is 2.62. The summed E-state index contributed by atoms with van der Waals surface area (Å²) in [5.74, 6) is 2.26. The van der Waals surface area contributed by atoms with E-state index >= 15 is 0 Å². The highest BCUT2D eigenvalue weighted by molar-refractivity contribution is 5.89. The molecule has 4 nitrogen and oxygen atoms in total. The Balaban J connectivity index is 1.95. The van der Waals surface area contributed by atoms with Crippen molar-refractivity contribution in [1.82, 2.24) is 15.0 Å². The maximum absolute atomic E-state index is 4.89. The molecule has 0 saturated carbocycles. The second-order valence-corrected chi connectivity index (χ2v) is 6.26. The van der Waals surface area contributed by atoms with E-state index in [2.05, 4.69) is 61.0 Å². The Kier molecular flexibility index (Phi) is 5.04. The monoisotopic (exact) mass is 320 g/mol. The Labute approximate surface area is 143 Å². The first-order chi connectivity index (χ1) is 11.7. The summed E-state index contributed by atoms with van der Waals surface area (Å²) in [5, 5.41) is 1.12. The summed E-state index contributed by atoms with van der Waals surface area (Å²) >= 11 is 0. The molecule has 0 aliphatic heterocycles. The van der Waals surface area contributed by atoms with Crippen molar-refractivity contribution in [1.29, 1.82) is 0 Å². The van der Waals surface area contributed by atoms with Crippen LogP contribution in [0.25, 0.3) is 10.9 Å². The standard InChI is InChI=1S/C20H24N4/c1-4-24(14-11-16-9-12-21-13-10-16)20-17-7-5-6-8-18(17)22-19(23-20)15(2)3/h5-10,12-13,15H,4,11,14H2,1-3H3. The molecule has 0 saturated heterocycles. The van der Waals surface area contributed by atoms with Crippen molar-refractivity contribution < 1.29 is 0 Å². The molecular weight excluding hydrogens is 296 g/mol. The van der Waals surface area contributed by atoms with Crippen LogP contribution in [0.1, 0.15) is 38.1 Å². The lowest BCUT2D eigenvalue weighted by Gasteiger charge is -2.24. The van der Waals surface area contributed by atoms with Crippen LogP contribution in [0.3, 0.4) is 0 Å². The fraction of sp³-hybridized carbons (Fsp3) is 0.350. The minimum Gasteiger partial charge on any atom is -0.356 e. The highest BCUT2D eigenvalue weighted by Crippen LogP contribution is 2.26. The number of para-hydroxylation sites is 1. The molecule has 0 amide bonds. The first-order valence-corrected chi connectivity index (χ1v) is 8.59. The van der Waals surface area contributed by atoms with Gasteiger partial charge < -0.3 is 4.90 Å². The maximum Gasteiger partial charge on any atom is 0.140 e. The van der Waals surface area contributed by atoms with E-state index in [4.69, 9.17) is 9.97 Å². The third-order valence-electron chi connectivity index (χ3n) is 4.22. The van der Waals surface area contributed by atoms with Gasteiger partial charge in [-0.2, -0.15) is 0 Å². The molecule has 24 heavy (non-hydrogen) atoms. The van der Waals surface area contributed by atoms with Gasteiger partial charge in [0.2, 0.25) is 0 Å². The SMILES string of the molecule is CCN(CCc1ccncc1)c1nc(C(C)C)nc2ccccc12. The zero-order valence-electron chi connectivity index (χ0n) is 14.6. The number of hydrogen-bond donors (Lipinski definition) is 0. The van der Waals surface area contributed by atoms with Gasteiger partial charge >= 0.3 is 0 Å². The topological polar surface area (TPSA) is 41.9 Å². The molecule has 0 N–H and O–H groups in total. The largest absolute Gasteiger partial charge is 0.356 e. The van der Waals surface area contributed by atoms with Gasteiger partial charge in [0.15, 0.2) is 0 Å². The van der Waals surface area contributed by atoms with E-state index in [0.717, 1.165) is 42.1 Å². The van der Waals surface area contributed by atoms with Crippen molar-refractivity contribution in [3.8, 4) is 0 Å². The average molecular weight is 320 g/mol. The van der Waals surface area contributed by atoms with E-state index in [1.807, 2.05) is 18.5 Å². The number of nitrogens with zero attached hydrogens (tertiary/aromatic N) is 4. The Hall–Kier alpha value is -2.49. The number of hydrogen-bond acceptors (Lipinski definition) is 4. The highest BCUT2D eigenvalue weighted by atomic mass is 15.2. The smallest absolute Gasteiger partial charge is 0.140 e. The van der Waals surface area contributed by atoms with Gasteiger partial charge in [-0.05, 0) is 43.2 Å². The van der Waals surface area contributed by atoms with Gasteiger partial charge in [-0.1, -0.05) is 26.0 Å². The first kappa shape index (κ1) is 16.4. The molecule has 3 aromatic rings. The lowest BCUT2D eigenvalue weighted by molar-refractivity contribution is 0.753. The predicted molar refractivity (Wildman–Crippen MR) is 99.5 cm³/mol. The minimum atomic E-state index is 0.312. The minimum absolute atomic E-state index is 0.312. The summed E-state index contributed by atoms with van der Waals surface area (Å²) in [4.78, 5) is 16.0. The lowest BCUT2D eigenvalue weighted by Crippen LogP contribution is -2.27. The summed E-state index contributed by atoms with van der Waals surface area (Å²) in [7, 11) is 0. The fourth-order valence-corrected chi connectivity index (χ4v) is 2.80. The Morgan fingerprint density at radius 2 is 1.75 bits per heavy atom. The molecule has 0 fully saturated rings. The molecule has 0 spiro atoms. The molecule has 0 atom stereocenters. The number of pyridine rings is 1. The van der Waals surface area contributed by atoms with Crippen LogP contribution in [0, 0.1) is 0 Å². The van der Waals surface area contributed by atoms with Crippen LogP contribution in [-0.4, -0.2) is 28.0 Å². The van der Waals surface area contributed by atoms with Gasteiger partial charge in [-0.15, -0.1) is 0 Å². The van der Waals surface area contributed by atoms with Gasteiger partial charge in [-0.25, -0.2) is 9.97 Å². The molecule has 0 bridgehead atoms. The molecule has 124 valence electrons. The van der Waals surface area contributed by atoms with Crippen molar-refractivity contribution in [3.63, 3.8) is 0 Å². The number of fused-ring (bicyclic) bond motifs is 1. The van der Waals surface area contributed by atoms with Gasteiger partial charge in [0.1, 0.15) is 11.6 Å². The maximum atomic E-state index is 4.89. The lowest BCUT2D eigenvalue weighted by atomic mass is 10.1. The molecule has 3 rings (SSSR count). The third kappa shape index (κ3) is 3.53. The second kappa shape index (κ2) is 7.39. The predicted octanol–water partition coefficient (Wildman–Crippen LogP) is 4.22. The summed E-state index contributed by atoms with van der Waals surface area (Å²) in [5.41, 5.74) is 2.32. The number of rotatable bonds is 6. The summed E-state index contributed by atoms with van der Waals surface area (Å²) in [6, 6.07) is 12.4. The number of likely N-dealkylation sites (N-methyl/N-ethyl adjacent to an activating group) is 1. The quantitative estimate of drug-likeness (QED) is 0.682. The van der Waals surface area contributed by atoms with E-state index in [1.165, 1.54) is 5.56 Å². The Morgan fingerprint density at radius 1 is 1.00 bits per heavy atom. The van der Waals surface area contributed by atoms with Crippen molar-refractivity contribution in [3.05, 3.63) is 60.2 Å². The molecule has 0 radical (unpaired) electrons. The van der Waals surface area contributed by atoms with Crippen LogP contribution in [0.2, 0.25) is 0 Å². The molecule has 0 aliphatic rings. The zero-order chi connectivity index (χ0) is 16.9. The van der Waals surface area contributed by atoms with Crippen LogP contribution >= 0.6 is 0 Å². The molecular formula is C20H24N4. The van der Waals surface area contributed by atoms with Gasteiger partial charge in [0, 0.05) is 36.8 Å². The van der Waals surface area contributed by atoms with Crippen molar-refractivity contribution in [2.24, 2.45) is 0 Å². The number of anilines is 1. The Bertz CT molecular complexity index is 799. The first-order valence-electron chi connectivity index (χ1n) is 8.59. The van der Waals surface area contributed by atoms with E-state index in [1.54, 1.807) is 0 Å². The van der Waals surface area contributed by atoms with Crippen LogP contribution in [0.5, 0.6) is 0 Å². The van der Waals surface area contributed by atoms with Crippen LogP contribution in [-0.2, 0) is 6.42 Å². The van der Waals surface area contributed by atoms with E-state index in [-0.39, 0.29) is 0 Å². The summed E-state index contributed by atoms with van der Waals surface area (Å²) in [6.45, 7) is 8.31. The third-order valence-corrected chi connectivity index (χ3v) is 4.22. The summed E-state index contributed by atoms with van der Waals surface area (Å²) in [6.07, 6.45) is 4.68. The van der Waals surface area contributed by atoms with Gasteiger partial charge in [0.05, 0.1) is 5.52 Å². The molecule has 4 heteroatoms. The van der Waals surface area contributed by atoms with Crippen molar-refractivity contribution in [2.75, 3.05) is 18.0 Å². The Morgan fingerprint density at radius 3 is 2.46 bits per heavy atom. The van der Waals surface area contributed by atoms with Crippen LogP contribution < -0.4 is 4.90 Å². The van der Waals surface area contributed by atoms with Gasteiger partial charge in [-0.3, -0.25) is 4.98 Å². The van der Waals surface area contributed by atoms with Gasteiger partial charge in [0.25, 0.3) is 0 Å². The molecule has 2 aromatic heterocycles. The number of aromatic nitrogens is 3. The van der Waals surface area contributed by atoms with Crippen molar-refractivity contribution in [2.45, 2.75) is 33.1 Å². The number of benzene rings is 1. The molecule has 0 aliphatic carbocycles. The van der Waals surface area contributed by atoms with E-state index < -0.39 is 0 Å². The molecule has 1 aromatic carbocycles. The fourth-order valence-electron chi connectivity index (χ4n) is 2.80. The van der Waals surface area contributed by atoms with Crippen LogP contribution in [0.4, 0.5) is 5.82 Å². The highest BCUT2D eigenvalue weighted by Gasteiger charge is 2.14. The molecule has 2 heterocycles. The van der Waals surface area contributed by atoms with Crippen LogP contribution in [0.15, 0.2) is 48.8 Å². The molecule has 0 unspecified atom stereocenters. The summed E-state index contributed by atoms with van der Waals surface area (Å²) < 4.78 is 0. The normalized spacial score (nSPS) is 11.2.